The molecule has 1 saturated carbocycles. The summed E-state index contributed by atoms with van der Waals surface area (Å²) in [5.74, 6) is -2.28. The van der Waals surface area contributed by atoms with Crippen molar-refractivity contribution in [3.8, 4) is 0 Å². The van der Waals surface area contributed by atoms with Crippen molar-refractivity contribution in [2.45, 2.75) is 76.4 Å². The van der Waals surface area contributed by atoms with Crippen molar-refractivity contribution in [1.29, 1.82) is 0 Å². The van der Waals surface area contributed by atoms with Crippen molar-refractivity contribution in [1.82, 2.24) is 5.32 Å². The molecule has 7 nitrogen and oxygen atoms in total. The number of hydrogen-bond acceptors (Lipinski definition) is 5. The second kappa shape index (κ2) is 8.22. The molecule has 1 heterocycles. The summed E-state index contributed by atoms with van der Waals surface area (Å²) in [6.07, 6.45) is 0.0672. The molecule has 2 atom stereocenters. The number of aliphatic hydroxyl groups excluding tert-OH is 1. The Labute approximate surface area is 175 Å². The van der Waals surface area contributed by atoms with Crippen LogP contribution in [0.2, 0.25) is 5.02 Å². The molecule has 3 rings (SSSR count). The summed E-state index contributed by atoms with van der Waals surface area (Å²) in [7, 11) is 0. The highest BCUT2D eigenvalue weighted by Gasteiger charge is 2.52. The van der Waals surface area contributed by atoms with Crippen LogP contribution in [0.15, 0.2) is 12.1 Å². The zero-order chi connectivity index (χ0) is 21.4. The Hall–Kier alpha value is -1.67. The molecule has 2 fully saturated rings. The minimum Gasteiger partial charge on any atom is -0.480 e. The number of rotatable bonds is 5. The van der Waals surface area contributed by atoms with Crippen LogP contribution in [0.25, 0.3) is 0 Å². The van der Waals surface area contributed by atoms with Gasteiger partial charge in [-0.25, -0.2) is 4.79 Å². The van der Waals surface area contributed by atoms with Crippen LogP contribution in [0.1, 0.15) is 49.3 Å². The van der Waals surface area contributed by atoms with Gasteiger partial charge < -0.3 is 25.0 Å². The number of carbonyl (C=O) groups excluding carboxylic acids is 1. The molecule has 1 aliphatic carbocycles. The van der Waals surface area contributed by atoms with Gasteiger partial charge in [-0.05, 0) is 62.4 Å². The van der Waals surface area contributed by atoms with Gasteiger partial charge in [0.25, 0.3) is 0 Å². The number of aliphatic carboxylic acids is 1. The lowest BCUT2D eigenvalue weighted by atomic mass is 9.78. The topological polar surface area (TPSA) is 105 Å². The first-order valence-corrected chi connectivity index (χ1v) is 10.2. The maximum Gasteiger partial charge on any atom is 0.329 e. The Morgan fingerprint density at radius 1 is 1.24 bits per heavy atom. The number of carboxylic acid groups (broad SMARTS) is 1. The smallest absolute Gasteiger partial charge is 0.329 e. The molecule has 29 heavy (non-hydrogen) atoms. The number of nitrogens with one attached hydrogen (secondary N) is 1. The molecular formula is C21H28ClNO6. The fourth-order valence-corrected chi connectivity index (χ4v) is 4.55. The molecule has 8 heteroatoms. The lowest BCUT2D eigenvalue weighted by Gasteiger charge is -2.41. The van der Waals surface area contributed by atoms with E-state index in [4.69, 9.17) is 21.1 Å². The molecule has 1 aromatic carbocycles. The van der Waals surface area contributed by atoms with Gasteiger partial charge in [0.1, 0.15) is 11.6 Å². The molecule has 2 unspecified atom stereocenters. The lowest BCUT2D eigenvalue weighted by molar-refractivity contribution is -0.205. The van der Waals surface area contributed by atoms with Crippen molar-refractivity contribution in [3.63, 3.8) is 0 Å². The average Bonchev–Trinajstić information content (AvgIpc) is 3.05. The molecule has 0 bridgehead atoms. The summed E-state index contributed by atoms with van der Waals surface area (Å²) in [5.41, 5.74) is 1.29. The van der Waals surface area contributed by atoms with E-state index in [1.54, 1.807) is 19.1 Å². The number of carbonyl (C=O) groups is 2. The summed E-state index contributed by atoms with van der Waals surface area (Å²) >= 11 is 6.05. The molecule has 0 aromatic heterocycles. The number of ether oxygens (including phenoxy) is 2. The van der Waals surface area contributed by atoms with Gasteiger partial charge in [0.15, 0.2) is 5.79 Å². The number of amides is 1. The van der Waals surface area contributed by atoms with Crippen LogP contribution in [-0.4, -0.2) is 52.2 Å². The Morgan fingerprint density at radius 3 is 2.31 bits per heavy atom. The van der Waals surface area contributed by atoms with Crippen molar-refractivity contribution < 1.29 is 29.3 Å². The minimum absolute atomic E-state index is 0.0894. The molecule has 1 aromatic rings. The van der Waals surface area contributed by atoms with Crippen LogP contribution < -0.4 is 5.32 Å². The Kier molecular flexibility index (Phi) is 6.24. The first kappa shape index (κ1) is 22.0. The van der Waals surface area contributed by atoms with E-state index in [0.717, 1.165) is 16.7 Å². The third-order valence-electron chi connectivity index (χ3n) is 6.07. The highest BCUT2D eigenvalue weighted by atomic mass is 35.5. The highest BCUT2D eigenvalue weighted by Crippen LogP contribution is 2.42. The molecule has 3 N–H and O–H groups in total. The second-order valence-corrected chi connectivity index (χ2v) is 8.69. The second-order valence-electron chi connectivity index (χ2n) is 8.25. The zero-order valence-corrected chi connectivity index (χ0v) is 17.7. The van der Waals surface area contributed by atoms with E-state index in [9.17, 15) is 19.8 Å². The van der Waals surface area contributed by atoms with Crippen LogP contribution in [0, 0.1) is 13.8 Å². The highest BCUT2D eigenvalue weighted by molar-refractivity contribution is 6.30. The number of halogens is 1. The lowest BCUT2D eigenvalue weighted by Crippen LogP contribution is -2.59. The van der Waals surface area contributed by atoms with E-state index in [1.807, 2.05) is 13.8 Å². The van der Waals surface area contributed by atoms with E-state index in [1.165, 1.54) is 0 Å². The number of carboxylic acids is 1. The van der Waals surface area contributed by atoms with Gasteiger partial charge in [0, 0.05) is 17.9 Å². The minimum atomic E-state index is -1.35. The predicted octanol–water partition coefficient (Wildman–Crippen LogP) is 2.51. The first-order valence-electron chi connectivity index (χ1n) is 9.86. The zero-order valence-electron chi connectivity index (χ0n) is 17.0. The molecule has 2 aliphatic rings. The normalized spacial score (nSPS) is 30.3. The maximum absolute atomic E-state index is 12.7. The quantitative estimate of drug-likeness (QED) is 0.669. The van der Waals surface area contributed by atoms with Gasteiger partial charge in [-0.2, -0.15) is 0 Å². The predicted molar refractivity (Wildman–Crippen MR) is 107 cm³/mol. The molecule has 1 spiro atoms. The molecule has 1 aliphatic heterocycles. The third kappa shape index (κ3) is 4.58. The molecular weight excluding hydrogens is 398 g/mol. The number of aryl methyl sites for hydroxylation is 2. The summed E-state index contributed by atoms with van der Waals surface area (Å²) in [6, 6.07) is 3.59. The van der Waals surface area contributed by atoms with E-state index in [-0.39, 0.29) is 31.8 Å². The first-order chi connectivity index (χ1) is 13.6. The van der Waals surface area contributed by atoms with Gasteiger partial charge in [-0.15, -0.1) is 0 Å². The van der Waals surface area contributed by atoms with Crippen LogP contribution in [0.4, 0.5) is 0 Å². The fraction of sp³-hybridized carbons (Fsp3) is 0.619. The van der Waals surface area contributed by atoms with E-state index in [0.29, 0.717) is 17.9 Å². The van der Waals surface area contributed by atoms with Crippen molar-refractivity contribution in [3.05, 3.63) is 33.8 Å². The van der Waals surface area contributed by atoms with Gasteiger partial charge in [0.2, 0.25) is 5.91 Å². The maximum atomic E-state index is 12.7. The Bertz CT molecular complexity index is 777. The Morgan fingerprint density at radius 2 is 1.83 bits per heavy atom. The summed E-state index contributed by atoms with van der Waals surface area (Å²) in [4.78, 5) is 24.8. The van der Waals surface area contributed by atoms with Crippen LogP contribution in [0.5, 0.6) is 0 Å². The van der Waals surface area contributed by atoms with Crippen LogP contribution in [-0.2, 0) is 25.5 Å². The summed E-state index contributed by atoms with van der Waals surface area (Å²) < 4.78 is 11.6. The largest absolute Gasteiger partial charge is 0.480 e. The molecule has 160 valence electrons. The Balaban J connectivity index is 1.68. The van der Waals surface area contributed by atoms with Crippen molar-refractivity contribution >= 4 is 23.5 Å². The number of hydrogen-bond donors (Lipinski definition) is 3. The SMILES string of the molecule is Cc1cc(Cl)cc(C)c1CC(=O)NC1(C(=O)O)CCC2(CC1)OCC(C(C)O)O2. The molecule has 1 saturated heterocycles. The summed E-state index contributed by atoms with van der Waals surface area (Å²) in [6.45, 7) is 5.68. The van der Waals surface area contributed by atoms with E-state index < -0.39 is 29.5 Å². The molecule has 1 amide bonds. The van der Waals surface area contributed by atoms with E-state index in [2.05, 4.69) is 5.32 Å². The molecule has 0 radical (unpaired) electrons. The number of aliphatic hydroxyl groups is 1. The van der Waals surface area contributed by atoms with Crippen molar-refractivity contribution in [2.75, 3.05) is 6.61 Å². The third-order valence-corrected chi connectivity index (χ3v) is 6.28. The van der Waals surface area contributed by atoms with Gasteiger partial charge in [0.05, 0.1) is 19.1 Å². The summed E-state index contributed by atoms with van der Waals surface area (Å²) in [5, 5.41) is 22.9. The van der Waals surface area contributed by atoms with Gasteiger partial charge in [-0.3, -0.25) is 4.79 Å². The van der Waals surface area contributed by atoms with Crippen molar-refractivity contribution in [2.24, 2.45) is 0 Å². The van der Waals surface area contributed by atoms with E-state index >= 15 is 0 Å². The average molecular weight is 426 g/mol. The standard InChI is InChI=1S/C21H28ClNO6/c1-12-8-15(22)9-13(2)16(12)10-18(25)23-20(19(26)27)4-6-21(7-5-20)28-11-17(29-21)14(3)24/h8-9,14,17,24H,4-7,10-11H2,1-3H3,(H,23,25)(H,26,27). The van der Waals surface area contributed by atoms with Crippen LogP contribution >= 0.6 is 11.6 Å². The monoisotopic (exact) mass is 425 g/mol. The van der Waals surface area contributed by atoms with Crippen LogP contribution in [0.3, 0.4) is 0 Å². The van der Waals surface area contributed by atoms with Gasteiger partial charge in [-0.1, -0.05) is 11.6 Å². The fourth-order valence-electron chi connectivity index (χ4n) is 4.22. The van der Waals surface area contributed by atoms with Gasteiger partial charge >= 0.3 is 5.97 Å². The number of benzene rings is 1.